The molecule has 1 amide bonds. The van der Waals surface area contributed by atoms with Gasteiger partial charge in [-0.05, 0) is 57.4 Å². The smallest absolute Gasteiger partial charge is 0.224 e. The van der Waals surface area contributed by atoms with Crippen LogP contribution in [-0.4, -0.2) is 24.5 Å². The minimum absolute atomic E-state index is 0.118. The van der Waals surface area contributed by atoms with Gasteiger partial charge in [-0.25, -0.2) is 0 Å². The Bertz CT molecular complexity index is 450. The van der Waals surface area contributed by atoms with E-state index < -0.39 is 0 Å². The minimum atomic E-state index is -0.220. The molecule has 1 aliphatic rings. The summed E-state index contributed by atoms with van der Waals surface area (Å²) in [6, 6.07) is 8.27. The summed E-state index contributed by atoms with van der Waals surface area (Å²) in [6.45, 7) is 6.01. The zero-order valence-electron chi connectivity index (χ0n) is 12.2. The Morgan fingerprint density at radius 1 is 1.40 bits per heavy atom. The molecule has 110 valence electrons. The number of hydrogen-bond donors (Lipinski definition) is 2. The molecule has 1 saturated heterocycles. The summed E-state index contributed by atoms with van der Waals surface area (Å²) in [4.78, 5) is 12.3. The van der Waals surface area contributed by atoms with Gasteiger partial charge in [0.05, 0.1) is 5.92 Å². The summed E-state index contributed by atoms with van der Waals surface area (Å²) >= 11 is 3.44. The molecule has 1 unspecified atom stereocenters. The predicted molar refractivity (Wildman–Crippen MR) is 85.7 cm³/mol. The standard InChI is InChI=1S/C16H23BrN2O/c1-16(2,10-12-5-7-14(17)8-6-12)19-15(20)13-4-3-9-18-11-13/h5-8,13,18H,3-4,9-11H2,1-2H3,(H,19,20). The molecule has 1 fully saturated rings. The van der Waals surface area contributed by atoms with E-state index in [1.54, 1.807) is 0 Å². The quantitative estimate of drug-likeness (QED) is 0.886. The predicted octanol–water partition coefficient (Wildman–Crippen LogP) is 2.89. The SMILES string of the molecule is CC(C)(Cc1ccc(Br)cc1)NC(=O)C1CCCNC1. The number of nitrogens with one attached hydrogen (secondary N) is 2. The van der Waals surface area contributed by atoms with Crippen molar-refractivity contribution in [3.63, 3.8) is 0 Å². The number of amides is 1. The van der Waals surface area contributed by atoms with Crippen molar-refractivity contribution in [3.05, 3.63) is 34.3 Å². The molecule has 1 aromatic carbocycles. The van der Waals surface area contributed by atoms with Crippen LogP contribution >= 0.6 is 15.9 Å². The minimum Gasteiger partial charge on any atom is -0.351 e. The summed E-state index contributed by atoms with van der Waals surface area (Å²) in [6.07, 6.45) is 2.92. The van der Waals surface area contributed by atoms with Crippen LogP contribution in [0.4, 0.5) is 0 Å². The highest BCUT2D eigenvalue weighted by Crippen LogP contribution is 2.18. The van der Waals surface area contributed by atoms with Crippen molar-refractivity contribution in [2.75, 3.05) is 13.1 Å². The number of carbonyl (C=O) groups excluding carboxylic acids is 1. The van der Waals surface area contributed by atoms with Crippen molar-refractivity contribution in [2.45, 2.75) is 38.6 Å². The summed E-state index contributed by atoms with van der Waals surface area (Å²) in [5.74, 6) is 0.298. The first-order valence-corrected chi connectivity index (χ1v) is 8.03. The first-order valence-electron chi connectivity index (χ1n) is 7.23. The molecule has 3 nitrogen and oxygen atoms in total. The lowest BCUT2D eigenvalue weighted by atomic mass is 9.92. The Balaban J connectivity index is 1.92. The third-order valence-corrected chi connectivity index (χ3v) is 4.22. The summed E-state index contributed by atoms with van der Waals surface area (Å²) in [5, 5.41) is 6.49. The molecule has 0 spiro atoms. The molecule has 2 N–H and O–H groups in total. The second-order valence-corrected chi connectivity index (χ2v) is 7.14. The van der Waals surface area contributed by atoms with Crippen LogP contribution in [0.25, 0.3) is 0 Å². The zero-order valence-corrected chi connectivity index (χ0v) is 13.8. The number of carbonyl (C=O) groups is 1. The van der Waals surface area contributed by atoms with Crippen LogP contribution in [0.15, 0.2) is 28.7 Å². The summed E-state index contributed by atoms with van der Waals surface area (Å²) < 4.78 is 1.08. The Morgan fingerprint density at radius 3 is 2.70 bits per heavy atom. The second kappa shape index (κ2) is 6.72. The Labute approximate surface area is 129 Å². The van der Waals surface area contributed by atoms with Gasteiger partial charge in [-0.15, -0.1) is 0 Å². The van der Waals surface area contributed by atoms with E-state index in [9.17, 15) is 4.79 Å². The van der Waals surface area contributed by atoms with Gasteiger partial charge in [0, 0.05) is 16.6 Å². The Kier molecular flexibility index (Phi) is 5.22. The van der Waals surface area contributed by atoms with Gasteiger partial charge < -0.3 is 10.6 Å². The van der Waals surface area contributed by atoms with Crippen molar-refractivity contribution in [3.8, 4) is 0 Å². The highest BCUT2D eigenvalue weighted by Gasteiger charge is 2.27. The maximum Gasteiger partial charge on any atom is 0.224 e. The van der Waals surface area contributed by atoms with Crippen molar-refractivity contribution in [2.24, 2.45) is 5.92 Å². The number of piperidine rings is 1. The van der Waals surface area contributed by atoms with Gasteiger partial charge in [0.15, 0.2) is 0 Å². The molecule has 1 aliphatic heterocycles. The lowest BCUT2D eigenvalue weighted by Crippen LogP contribution is -2.50. The third-order valence-electron chi connectivity index (χ3n) is 3.69. The lowest BCUT2D eigenvalue weighted by molar-refractivity contribution is -0.127. The normalized spacial score (nSPS) is 19.6. The molecule has 0 saturated carbocycles. The highest BCUT2D eigenvalue weighted by atomic mass is 79.9. The lowest BCUT2D eigenvalue weighted by Gasteiger charge is -2.30. The average Bonchev–Trinajstić information content (AvgIpc) is 2.41. The molecular weight excluding hydrogens is 316 g/mol. The maximum absolute atomic E-state index is 12.3. The monoisotopic (exact) mass is 338 g/mol. The topological polar surface area (TPSA) is 41.1 Å². The largest absolute Gasteiger partial charge is 0.351 e. The molecule has 0 radical (unpaired) electrons. The van der Waals surface area contributed by atoms with E-state index in [2.05, 4.69) is 52.5 Å². The molecule has 4 heteroatoms. The number of rotatable bonds is 4. The number of benzene rings is 1. The summed E-state index contributed by atoms with van der Waals surface area (Å²) in [7, 11) is 0. The van der Waals surface area contributed by atoms with Gasteiger partial charge in [-0.1, -0.05) is 28.1 Å². The van der Waals surface area contributed by atoms with Gasteiger partial charge in [0.1, 0.15) is 0 Å². The van der Waals surface area contributed by atoms with Crippen LogP contribution in [0.5, 0.6) is 0 Å². The van der Waals surface area contributed by atoms with Crippen LogP contribution in [-0.2, 0) is 11.2 Å². The Hall–Kier alpha value is -0.870. The molecule has 2 rings (SSSR count). The zero-order chi connectivity index (χ0) is 14.6. The van der Waals surface area contributed by atoms with Gasteiger partial charge in [0.25, 0.3) is 0 Å². The van der Waals surface area contributed by atoms with Crippen LogP contribution in [0.1, 0.15) is 32.3 Å². The first kappa shape index (κ1) is 15.5. The van der Waals surface area contributed by atoms with E-state index in [0.717, 1.165) is 36.8 Å². The molecular formula is C16H23BrN2O. The van der Waals surface area contributed by atoms with Gasteiger partial charge in [-0.2, -0.15) is 0 Å². The van der Waals surface area contributed by atoms with Gasteiger partial charge >= 0.3 is 0 Å². The second-order valence-electron chi connectivity index (χ2n) is 6.22. The van der Waals surface area contributed by atoms with Crippen molar-refractivity contribution >= 4 is 21.8 Å². The Morgan fingerprint density at radius 2 is 2.10 bits per heavy atom. The van der Waals surface area contributed by atoms with E-state index in [-0.39, 0.29) is 17.4 Å². The van der Waals surface area contributed by atoms with Gasteiger partial charge in [-0.3, -0.25) is 4.79 Å². The fourth-order valence-electron chi connectivity index (χ4n) is 2.67. The molecule has 1 atom stereocenters. The van der Waals surface area contributed by atoms with Gasteiger partial charge in [0.2, 0.25) is 5.91 Å². The van der Waals surface area contributed by atoms with Crippen LogP contribution in [0.3, 0.4) is 0 Å². The van der Waals surface area contributed by atoms with E-state index in [4.69, 9.17) is 0 Å². The highest BCUT2D eigenvalue weighted by molar-refractivity contribution is 9.10. The van der Waals surface area contributed by atoms with E-state index >= 15 is 0 Å². The van der Waals surface area contributed by atoms with E-state index in [1.807, 2.05) is 12.1 Å². The molecule has 1 aromatic rings. The fraction of sp³-hybridized carbons (Fsp3) is 0.562. The molecule has 20 heavy (non-hydrogen) atoms. The average molecular weight is 339 g/mol. The molecule has 0 aliphatic carbocycles. The third kappa shape index (κ3) is 4.60. The number of halogens is 1. The first-order chi connectivity index (χ1) is 9.46. The van der Waals surface area contributed by atoms with E-state index in [0.29, 0.717) is 0 Å². The van der Waals surface area contributed by atoms with Crippen LogP contribution in [0, 0.1) is 5.92 Å². The van der Waals surface area contributed by atoms with Crippen LogP contribution in [0.2, 0.25) is 0 Å². The number of hydrogen-bond acceptors (Lipinski definition) is 2. The summed E-state index contributed by atoms with van der Waals surface area (Å²) in [5.41, 5.74) is 1.02. The van der Waals surface area contributed by atoms with E-state index in [1.165, 1.54) is 5.56 Å². The fourth-order valence-corrected chi connectivity index (χ4v) is 2.93. The van der Waals surface area contributed by atoms with Crippen molar-refractivity contribution in [1.82, 2.24) is 10.6 Å². The molecule has 0 bridgehead atoms. The maximum atomic E-state index is 12.3. The molecule has 0 aromatic heterocycles. The van der Waals surface area contributed by atoms with Crippen molar-refractivity contribution < 1.29 is 4.79 Å². The molecule has 1 heterocycles. The van der Waals surface area contributed by atoms with Crippen molar-refractivity contribution in [1.29, 1.82) is 0 Å². The van der Waals surface area contributed by atoms with Crippen LogP contribution < -0.4 is 10.6 Å².